The number of Topliss-reactive ketones (excluding diaryl/α,β-unsaturated/α-hetero) is 1. The van der Waals surface area contributed by atoms with E-state index in [0.29, 0.717) is 22.9 Å². The third-order valence-corrected chi connectivity index (χ3v) is 4.36. The summed E-state index contributed by atoms with van der Waals surface area (Å²) in [4.78, 5) is 24.9. The first kappa shape index (κ1) is 23.0. The van der Waals surface area contributed by atoms with Crippen molar-refractivity contribution in [1.82, 2.24) is 0 Å². The molecule has 9 nitrogen and oxygen atoms in total. The van der Waals surface area contributed by atoms with Crippen molar-refractivity contribution in [2.75, 3.05) is 33.8 Å². The van der Waals surface area contributed by atoms with Crippen LogP contribution in [0.3, 0.4) is 0 Å². The van der Waals surface area contributed by atoms with Crippen molar-refractivity contribution >= 4 is 34.7 Å². The highest BCUT2D eigenvalue weighted by molar-refractivity contribution is 6.34. The van der Waals surface area contributed by atoms with Crippen LogP contribution in [0.5, 0.6) is 23.0 Å². The van der Waals surface area contributed by atoms with Crippen LogP contribution in [0.1, 0.15) is 6.92 Å². The van der Waals surface area contributed by atoms with E-state index >= 15 is 0 Å². The average molecular weight is 436 g/mol. The summed E-state index contributed by atoms with van der Waals surface area (Å²) in [5.74, 6) is 0.241. The summed E-state index contributed by atoms with van der Waals surface area (Å²) in [6, 6.07) is 6.59. The van der Waals surface area contributed by atoms with E-state index in [4.69, 9.17) is 30.5 Å². The van der Waals surface area contributed by atoms with Crippen molar-refractivity contribution < 1.29 is 28.5 Å². The maximum Gasteiger partial charge on any atom is 0.258 e. The van der Waals surface area contributed by atoms with Gasteiger partial charge < -0.3 is 24.3 Å². The highest BCUT2D eigenvalue weighted by Gasteiger charge is 2.26. The minimum atomic E-state index is -1.42. The highest BCUT2D eigenvalue weighted by Crippen LogP contribution is 2.40. The van der Waals surface area contributed by atoms with E-state index in [0.717, 1.165) is 0 Å². The van der Waals surface area contributed by atoms with Crippen LogP contribution in [-0.4, -0.2) is 46.2 Å². The Morgan fingerprint density at radius 3 is 2.20 bits per heavy atom. The van der Waals surface area contributed by atoms with Gasteiger partial charge >= 0.3 is 0 Å². The van der Waals surface area contributed by atoms with Crippen molar-refractivity contribution in [2.24, 2.45) is 10.2 Å². The molecular formula is C20H22ClN3O6. The molecule has 0 heterocycles. The van der Waals surface area contributed by atoms with Crippen LogP contribution in [0.2, 0.25) is 5.02 Å². The number of hydrogen-bond acceptors (Lipinski definition) is 8. The molecule has 0 saturated carbocycles. The summed E-state index contributed by atoms with van der Waals surface area (Å²) in [5, 5.41) is 10.7. The zero-order valence-corrected chi connectivity index (χ0v) is 17.9. The number of nitrogens with zero attached hydrogens (tertiary/aromatic N) is 2. The standard InChI is InChI=1S/C20H22ClN3O6/c1-11(25)17(24-23-14-10-12(27-2)6-8-15(14)28-3)20(26)22-18-13(21)7-9-16(29-4)19(18)30-5/h6-10,17H,1-5H3,(H,22,26). The fraction of sp³-hybridized carbons (Fsp3) is 0.300. The number of halogens is 1. The third-order valence-electron chi connectivity index (χ3n) is 4.04. The number of nitrogens with one attached hydrogen (secondary N) is 1. The van der Waals surface area contributed by atoms with E-state index in [1.54, 1.807) is 24.3 Å². The molecule has 1 atom stereocenters. The van der Waals surface area contributed by atoms with Crippen molar-refractivity contribution in [2.45, 2.75) is 13.0 Å². The Hall–Kier alpha value is -3.33. The van der Waals surface area contributed by atoms with E-state index in [-0.39, 0.29) is 16.5 Å². The molecule has 0 aliphatic carbocycles. The molecule has 10 heteroatoms. The second-order valence-corrected chi connectivity index (χ2v) is 6.32. The van der Waals surface area contributed by atoms with E-state index in [9.17, 15) is 9.59 Å². The Kier molecular flexibility index (Phi) is 7.99. The highest BCUT2D eigenvalue weighted by atomic mass is 35.5. The number of amides is 1. The van der Waals surface area contributed by atoms with Gasteiger partial charge in [-0.25, -0.2) is 0 Å². The maximum absolute atomic E-state index is 12.8. The maximum atomic E-state index is 12.8. The van der Waals surface area contributed by atoms with Crippen LogP contribution in [0.15, 0.2) is 40.6 Å². The lowest BCUT2D eigenvalue weighted by Crippen LogP contribution is -2.32. The van der Waals surface area contributed by atoms with Crippen LogP contribution < -0.4 is 24.3 Å². The average Bonchev–Trinajstić information content (AvgIpc) is 2.74. The molecule has 2 aromatic carbocycles. The van der Waals surface area contributed by atoms with Crippen LogP contribution in [0.25, 0.3) is 0 Å². The van der Waals surface area contributed by atoms with Gasteiger partial charge in [-0.3, -0.25) is 9.59 Å². The van der Waals surface area contributed by atoms with Gasteiger partial charge in [0.2, 0.25) is 6.04 Å². The van der Waals surface area contributed by atoms with E-state index in [2.05, 4.69) is 15.5 Å². The van der Waals surface area contributed by atoms with Gasteiger partial charge in [-0.05, 0) is 31.2 Å². The quantitative estimate of drug-likeness (QED) is 0.470. The number of hydrogen-bond donors (Lipinski definition) is 1. The predicted molar refractivity (Wildman–Crippen MR) is 112 cm³/mol. The topological polar surface area (TPSA) is 108 Å². The van der Waals surface area contributed by atoms with Crippen LogP contribution in [0.4, 0.5) is 11.4 Å². The summed E-state index contributed by atoms with van der Waals surface area (Å²) in [5.41, 5.74) is 0.455. The zero-order valence-electron chi connectivity index (χ0n) is 17.2. The molecule has 0 aromatic heterocycles. The molecule has 0 aliphatic rings. The molecule has 0 saturated heterocycles. The fourth-order valence-corrected chi connectivity index (χ4v) is 2.72. The Morgan fingerprint density at radius 2 is 1.63 bits per heavy atom. The molecule has 0 bridgehead atoms. The third kappa shape index (κ3) is 5.18. The van der Waals surface area contributed by atoms with Crippen molar-refractivity contribution in [1.29, 1.82) is 0 Å². The minimum Gasteiger partial charge on any atom is -0.497 e. The van der Waals surface area contributed by atoms with Gasteiger partial charge in [-0.2, -0.15) is 10.2 Å². The lowest BCUT2D eigenvalue weighted by Gasteiger charge is -2.16. The van der Waals surface area contributed by atoms with Crippen LogP contribution >= 0.6 is 11.6 Å². The number of rotatable bonds is 9. The largest absolute Gasteiger partial charge is 0.497 e. The Bertz CT molecular complexity index is 964. The SMILES string of the molecule is COc1ccc(OC)c(N=NC(C(C)=O)C(=O)Nc2c(Cl)ccc(OC)c2OC)c1. The molecule has 0 spiro atoms. The number of benzene rings is 2. The number of carbonyl (C=O) groups is 2. The molecule has 2 rings (SSSR count). The van der Waals surface area contributed by atoms with Crippen molar-refractivity contribution in [3.05, 3.63) is 35.4 Å². The van der Waals surface area contributed by atoms with Gasteiger partial charge in [0.1, 0.15) is 22.9 Å². The first-order chi connectivity index (χ1) is 14.4. The smallest absolute Gasteiger partial charge is 0.258 e. The summed E-state index contributed by atoms with van der Waals surface area (Å²) in [6.07, 6.45) is 0. The Labute approximate surface area is 178 Å². The number of carbonyl (C=O) groups excluding carboxylic acids is 2. The number of ether oxygens (including phenoxy) is 4. The van der Waals surface area contributed by atoms with E-state index < -0.39 is 17.7 Å². The lowest BCUT2D eigenvalue weighted by atomic mass is 10.2. The van der Waals surface area contributed by atoms with E-state index in [1.807, 2.05) is 0 Å². The molecule has 0 radical (unpaired) electrons. The fourth-order valence-electron chi connectivity index (χ4n) is 2.52. The molecule has 30 heavy (non-hydrogen) atoms. The molecule has 1 unspecified atom stereocenters. The summed E-state index contributed by atoms with van der Waals surface area (Å²) >= 11 is 6.19. The molecule has 0 fully saturated rings. The first-order valence-electron chi connectivity index (χ1n) is 8.70. The van der Waals surface area contributed by atoms with Crippen molar-refractivity contribution in [3.63, 3.8) is 0 Å². The number of ketones is 1. The molecular weight excluding hydrogens is 414 g/mol. The monoisotopic (exact) mass is 435 g/mol. The van der Waals surface area contributed by atoms with Gasteiger partial charge in [0.25, 0.3) is 5.91 Å². The first-order valence-corrected chi connectivity index (χ1v) is 9.08. The molecule has 0 aliphatic heterocycles. The van der Waals surface area contributed by atoms with Crippen molar-refractivity contribution in [3.8, 4) is 23.0 Å². The van der Waals surface area contributed by atoms with Crippen LogP contribution in [-0.2, 0) is 9.59 Å². The zero-order chi connectivity index (χ0) is 22.3. The number of methoxy groups -OCH3 is 4. The van der Waals surface area contributed by atoms with Gasteiger partial charge in [0.05, 0.1) is 33.5 Å². The molecule has 1 N–H and O–H groups in total. The molecule has 2 aromatic rings. The van der Waals surface area contributed by atoms with Gasteiger partial charge in [0, 0.05) is 6.07 Å². The Morgan fingerprint density at radius 1 is 0.967 bits per heavy atom. The second kappa shape index (κ2) is 10.4. The lowest BCUT2D eigenvalue weighted by molar-refractivity contribution is -0.126. The van der Waals surface area contributed by atoms with Crippen LogP contribution in [0, 0.1) is 0 Å². The number of anilines is 1. The summed E-state index contributed by atoms with van der Waals surface area (Å²) in [6.45, 7) is 1.23. The molecule has 1 amide bonds. The second-order valence-electron chi connectivity index (χ2n) is 5.91. The van der Waals surface area contributed by atoms with Gasteiger partial charge in [-0.15, -0.1) is 0 Å². The number of azo groups is 1. The van der Waals surface area contributed by atoms with Gasteiger partial charge in [-0.1, -0.05) is 11.6 Å². The summed E-state index contributed by atoms with van der Waals surface area (Å²) in [7, 11) is 5.82. The minimum absolute atomic E-state index is 0.156. The summed E-state index contributed by atoms with van der Waals surface area (Å²) < 4.78 is 20.9. The Balaban J connectivity index is 2.36. The predicted octanol–water partition coefficient (Wildman–Crippen LogP) is 4.05. The normalized spacial score (nSPS) is 11.7. The van der Waals surface area contributed by atoms with Gasteiger partial charge in [0.15, 0.2) is 17.3 Å². The van der Waals surface area contributed by atoms with E-state index in [1.165, 1.54) is 41.4 Å². The molecule has 160 valence electrons.